The molecular weight excluding hydrogens is 344 g/mol. The highest BCUT2D eigenvalue weighted by atomic mass is 79.9. The summed E-state index contributed by atoms with van der Waals surface area (Å²) >= 11 is 5.34. The van der Waals surface area contributed by atoms with E-state index < -0.39 is 0 Å². The summed E-state index contributed by atoms with van der Waals surface area (Å²) in [4.78, 5) is 4.46. The molecule has 0 bridgehead atoms. The van der Waals surface area contributed by atoms with Crippen LogP contribution < -0.4 is 0 Å². The van der Waals surface area contributed by atoms with Crippen molar-refractivity contribution in [2.24, 2.45) is 17.3 Å². The molecule has 2 nitrogen and oxygen atoms in total. The van der Waals surface area contributed by atoms with Crippen LogP contribution in [0.3, 0.4) is 0 Å². The zero-order valence-electron chi connectivity index (χ0n) is 13.0. The van der Waals surface area contributed by atoms with E-state index in [1.807, 2.05) is 18.3 Å². The summed E-state index contributed by atoms with van der Waals surface area (Å²) in [7, 11) is 0. The maximum Gasteiger partial charge on any atom is 0.110 e. The SMILES string of the molecule is CCC(C)(C)C1CCC(C#N)C(Sc2ncccc2Br)C1. The lowest BCUT2D eigenvalue weighted by molar-refractivity contribution is 0.144. The molecule has 4 heteroatoms. The van der Waals surface area contributed by atoms with Crippen LogP contribution in [0.15, 0.2) is 27.8 Å². The van der Waals surface area contributed by atoms with Crippen molar-refractivity contribution in [3.63, 3.8) is 0 Å². The Morgan fingerprint density at radius 3 is 2.86 bits per heavy atom. The van der Waals surface area contributed by atoms with Crippen LogP contribution in [0, 0.1) is 28.6 Å². The van der Waals surface area contributed by atoms with Crippen molar-refractivity contribution in [1.82, 2.24) is 4.98 Å². The topological polar surface area (TPSA) is 36.7 Å². The van der Waals surface area contributed by atoms with E-state index in [9.17, 15) is 5.26 Å². The summed E-state index contributed by atoms with van der Waals surface area (Å²) in [6.07, 6.45) is 6.34. The number of nitrogens with zero attached hydrogens (tertiary/aromatic N) is 2. The molecule has 0 aromatic carbocycles. The number of halogens is 1. The second-order valence-electron chi connectivity index (χ2n) is 6.53. The molecule has 0 N–H and O–H groups in total. The highest BCUT2D eigenvalue weighted by Gasteiger charge is 2.38. The Morgan fingerprint density at radius 2 is 2.24 bits per heavy atom. The van der Waals surface area contributed by atoms with E-state index in [4.69, 9.17) is 0 Å². The molecule has 1 aromatic heterocycles. The average molecular weight is 367 g/mol. The van der Waals surface area contributed by atoms with Gasteiger partial charge < -0.3 is 0 Å². The molecule has 0 saturated heterocycles. The van der Waals surface area contributed by atoms with Gasteiger partial charge in [0.15, 0.2) is 0 Å². The van der Waals surface area contributed by atoms with E-state index in [1.54, 1.807) is 11.8 Å². The highest BCUT2D eigenvalue weighted by molar-refractivity contribution is 9.10. The van der Waals surface area contributed by atoms with Crippen molar-refractivity contribution in [3.05, 3.63) is 22.8 Å². The molecule has 1 aromatic rings. The number of rotatable bonds is 4. The molecule has 1 aliphatic rings. The van der Waals surface area contributed by atoms with Gasteiger partial charge in [-0.3, -0.25) is 0 Å². The van der Waals surface area contributed by atoms with Gasteiger partial charge in [-0.15, -0.1) is 11.8 Å². The van der Waals surface area contributed by atoms with Crippen LogP contribution in [-0.2, 0) is 0 Å². The van der Waals surface area contributed by atoms with Crippen LogP contribution in [0.25, 0.3) is 0 Å². The van der Waals surface area contributed by atoms with Crippen LogP contribution in [0.1, 0.15) is 46.5 Å². The second kappa shape index (κ2) is 7.15. The maximum absolute atomic E-state index is 9.46. The lowest BCUT2D eigenvalue weighted by Crippen LogP contribution is -2.34. The Labute approximate surface area is 140 Å². The molecule has 0 amide bonds. The first kappa shape index (κ1) is 16.8. The van der Waals surface area contributed by atoms with Crippen molar-refractivity contribution in [2.75, 3.05) is 0 Å². The lowest BCUT2D eigenvalue weighted by atomic mass is 9.67. The van der Waals surface area contributed by atoms with Gasteiger partial charge in [-0.05, 0) is 58.7 Å². The fourth-order valence-electron chi connectivity index (χ4n) is 3.01. The highest BCUT2D eigenvalue weighted by Crippen LogP contribution is 2.47. The van der Waals surface area contributed by atoms with E-state index >= 15 is 0 Å². The summed E-state index contributed by atoms with van der Waals surface area (Å²) in [5.74, 6) is 0.847. The fourth-order valence-corrected chi connectivity index (χ4v) is 4.82. The number of hydrogen-bond acceptors (Lipinski definition) is 3. The third-order valence-electron chi connectivity index (χ3n) is 4.96. The third-order valence-corrected chi connectivity index (χ3v) is 7.24. The minimum absolute atomic E-state index is 0.146. The monoisotopic (exact) mass is 366 g/mol. The maximum atomic E-state index is 9.46. The first-order valence-electron chi connectivity index (χ1n) is 7.64. The molecule has 1 heterocycles. The lowest BCUT2D eigenvalue weighted by Gasteiger charge is -2.41. The van der Waals surface area contributed by atoms with E-state index in [-0.39, 0.29) is 5.92 Å². The quantitative estimate of drug-likeness (QED) is 0.687. The summed E-state index contributed by atoms with van der Waals surface area (Å²) in [5, 5.41) is 10.8. The van der Waals surface area contributed by atoms with Crippen molar-refractivity contribution >= 4 is 27.7 Å². The molecule has 0 radical (unpaired) electrons. The zero-order chi connectivity index (χ0) is 15.5. The van der Waals surface area contributed by atoms with Crippen molar-refractivity contribution in [3.8, 4) is 6.07 Å². The van der Waals surface area contributed by atoms with Crippen LogP contribution in [0.5, 0.6) is 0 Å². The smallest absolute Gasteiger partial charge is 0.110 e. The largest absolute Gasteiger partial charge is 0.249 e. The Bertz CT molecular complexity index is 524. The molecule has 114 valence electrons. The van der Waals surface area contributed by atoms with Crippen molar-refractivity contribution < 1.29 is 0 Å². The normalized spacial score (nSPS) is 26.3. The number of thioether (sulfide) groups is 1. The average Bonchev–Trinajstić information content (AvgIpc) is 2.49. The second-order valence-corrected chi connectivity index (χ2v) is 8.62. The molecule has 1 aliphatic carbocycles. The van der Waals surface area contributed by atoms with Gasteiger partial charge in [0.25, 0.3) is 0 Å². The molecule has 2 rings (SSSR count). The van der Waals surface area contributed by atoms with Crippen LogP contribution in [-0.4, -0.2) is 10.2 Å². The third kappa shape index (κ3) is 4.02. The van der Waals surface area contributed by atoms with E-state index in [0.717, 1.165) is 22.3 Å². The van der Waals surface area contributed by atoms with Gasteiger partial charge in [-0.2, -0.15) is 5.26 Å². The molecular formula is C17H23BrN2S. The predicted molar refractivity (Wildman–Crippen MR) is 92.1 cm³/mol. The van der Waals surface area contributed by atoms with E-state index in [0.29, 0.717) is 16.6 Å². The Morgan fingerprint density at radius 1 is 1.48 bits per heavy atom. The molecule has 0 spiro atoms. The van der Waals surface area contributed by atoms with Gasteiger partial charge in [0.05, 0.1) is 12.0 Å². The molecule has 3 unspecified atom stereocenters. The number of aromatic nitrogens is 1. The van der Waals surface area contributed by atoms with Gasteiger partial charge in [0.1, 0.15) is 5.03 Å². The van der Waals surface area contributed by atoms with Gasteiger partial charge in [0, 0.05) is 15.9 Å². The first-order chi connectivity index (χ1) is 9.97. The summed E-state index contributed by atoms with van der Waals surface area (Å²) in [5.41, 5.74) is 0.362. The van der Waals surface area contributed by atoms with Gasteiger partial charge in [-0.1, -0.05) is 27.2 Å². The Kier molecular flexibility index (Phi) is 5.73. The number of nitriles is 1. The van der Waals surface area contributed by atoms with Gasteiger partial charge in [-0.25, -0.2) is 4.98 Å². The van der Waals surface area contributed by atoms with E-state index in [2.05, 4.69) is 47.8 Å². The summed E-state index contributed by atoms with van der Waals surface area (Å²) < 4.78 is 1.03. The number of pyridine rings is 1. The Balaban J connectivity index is 2.15. The van der Waals surface area contributed by atoms with Crippen LogP contribution in [0.2, 0.25) is 0 Å². The molecule has 1 fully saturated rings. The molecule has 3 atom stereocenters. The fraction of sp³-hybridized carbons (Fsp3) is 0.647. The molecule has 1 saturated carbocycles. The van der Waals surface area contributed by atoms with Crippen molar-refractivity contribution in [2.45, 2.75) is 56.7 Å². The van der Waals surface area contributed by atoms with Crippen LogP contribution in [0.4, 0.5) is 0 Å². The summed E-state index contributed by atoms with van der Waals surface area (Å²) in [6, 6.07) is 6.47. The van der Waals surface area contributed by atoms with Crippen LogP contribution >= 0.6 is 27.7 Å². The van der Waals surface area contributed by atoms with Crippen molar-refractivity contribution in [1.29, 1.82) is 5.26 Å². The number of hydrogen-bond donors (Lipinski definition) is 0. The minimum atomic E-state index is 0.146. The Hall–Kier alpha value is -0.530. The molecule has 0 aliphatic heterocycles. The molecule has 21 heavy (non-hydrogen) atoms. The zero-order valence-corrected chi connectivity index (χ0v) is 15.4. The van der Waals surface area contributed by atoms with Gasteiger partial charge >= 0.3 is 0 Å². The van der Waals surface area contributed by atoms with E-state index in [1.165, 1.54) is 12.8 Å². The predicted octanol–water partition coefficient (Wildman–Crippen LogP) is 5.68. The first-order valence-corrected chi connectivity index (χ1v) is 9.32. The minimum Gasteiger partial charge on any atom is -0.249 e. The standard InChI is InChI=1S/C17H23BrN2S/c1-4-17(2,3)13-8-7-12(11-19)15(10-13)21-16-14(18)6-5-9-20-16/h5-6,9,12-13,15H,4,7-8,10H2,1-3H3. The summed E-state index contributed by atoms with van der Waals surface area (Å²) in [6.45, 7) is 7.00. The van der Waals surface area contributed by atoms with Gasteiger partial charge in [0.2, 0.25) is 0 Å².